The average molecular weight is 446 g/mol. The van der Waals surface area contributed by atoms with Gasteiger partial charge in [-0.25, -0.2) is 9.18 Å². The summed E-state index contributed by atoms with van der Waals surface area (Å²) in [6.07, 6.45) is 2.42. The number of halogens is 1. The molecule has 0 spiro atoms. The molecule has 2 aliphatic rings. The number of nitrogens with one attached hydrogen (secondary N) is 1. The molecule has 174 valence electrons. The van der Waals surface area contributed by atoms with Gasteiger partial charge >= 0.3 is 6.09 Å². The van der Waals surface area contributed by atoms with Crippen molar-refractivity contribution < 1.29 is 23.5 Å². The zero-order chi connectivity index (χ0) is 23.5. The summed E-state index contributed by atoms with van der Waals surface area (Å²) in [5.41, 5.74) is 1.31. The van der Waals surface area contributed by atoms with Crippen molar-refractivity contribution in [2.75, 3.05) is 18.0 Å². The fourth-order valence-electron chi connectivity index (χ4n) is 3.98. The van der Waals surface area contributed by atoms with Gasteiger partial charge in [-0.2, -0.15) is 0 Å². The van der Waals surface area contributed by atoms with Gasteiger partial charge < -0.3 is 15.0 Å². The number of alkyl halides is 1. The van der Waals surface area contributed by atoms with Gasteiger partial charge in [-0.05, 0) is 45.2 Å². The van der Waals surface area contributed by atoms with Crippen LogP contribution in [0.5, 0.6) is 0 Å². The Hall–Kier alpha value is -2.90. The van der Waals surface area contributed by atoms with Crippen LogP contribution in [0.3, 0.4) is 0 Å². The molecular weight excluding hydrogens is 413 g/mol. The number of fused-ring (bicyclic) bond motifs is 1. The van der Waals surface area contributed by atoms with Crippen molar-refractivity contribution in [3.05, 3.63) is 42.0 Å². The molecule has 0 aliphatic carbocycles. The molecule has 1 aromatic rings. The summed E-state index contributed by atoms with van der Waals surface area (Å²) in [6, 6.07) is 6.44. The largest absolute Gasteiger partial charge is 0.444 e. The highest BCUT2D eigenvalue weighted by Gasteiger charge is 2.42. The fourth-order valence-corrected chi connectivity index (χ4v) is 3.98. The van der Waals surface area contributed by atoms with E-state index in [1.54, 1.807) is 31.7 Å². The molecule has 0 saturated carbocycles. The lowest BCUT2D eigenvalue weighted by atomic mass is 10.1. The van der Waals surface area contributed by atoms with Gasteiger partial charge in [0.25, 0.3) is 5.91 Å². The Balaban J connectivity index is 1.62. The van der Waals surface area contributed by atoms with Crippen molar-refractivity contribution in [1.82, 2.24) is 10.2 Å². The Bertz CT molecular complexity index is 895. The number of anilines is 1. The Morgan fingerprint density at radius 2 is 2.00 bits per heavy atom. The van der Waals surface area contributed by atoms with E-state index >= 15 is 0 Å². The zero-order valence-corrected chi connectivity index (χ0v) is 19.1. The second-order valence-electron chi connectivity index (χ2n) is 9.23. The van der Waals surface area contributed by atoms with Gasteiger partial charge in [-0.15, -0.1) is 0 Å². The van der Waals surface area contributed by atoms with Crippen LogP contribution in [0.1, 0.15) is 46.1 Å². The van der Waals surface area contributed by atoms with Crippen LogP contribution < -0.4 is 10.2 Å². The van der Waals surface area contributed by atoms with E-state index in [0.717, 1.165) is 22.6 Å². The van der Waals surface area contributed by atoms with Crippen LogP contribution in [0, 0.1) is 0 Å². The van der Waals surface area contributed by atoms with E-state index in [0.29, 0.717) is 13.0 Å². The van der Waals surface area contributed by atoms with E-state index in [1.165, 1.54) is 6.08 Å². The summed E-state index contributed by atoms with van der Waals surface area (Å²) in [7, 11) is 0. The molecule has 0 unspecified atom stereocenters. The van der Waals surface area contributed by atoms with Crippen molar-refractivity contribution in [1.29, 1.82) is 0 Å². The maximum Gasteiger partial charge on any atom is 0.411 e. The average Bonchev–Trinajstić information content (AvgIpc) is 3.33. The molecule has 0 radical (unpaired) electrons. The van der Waals surface area contributed by atoms with Gasteiger partial charge in [0, 0.05) is 30.8 Å². The molecule has 3 amide bonds. The summed E-state index contributed by atoms with van der Waals surface area (Å²) in [5, 5.41) is 2.83. The van der Waals surface area contributed by atoms with Gasteiger partial charge in [0.05, 0.1) is 6.54 Å². The first-order valence-corrected chi connectivity index (χ1v) is 11.1. The van der Waals surface area contributed by atoms with Crippen molar-refractivity contribution in [2.45, 2.75) is 70.8 Å². The van der Waals surface area contributed by atoms with E-state index < -0.39 is 35.9 Å². The highest BCUT2D eigenvalue weighted by Crippen LogP contribution is 2.27. The first-order chi connectivity index (χ1) is 15.1. The Morgan fingerprint density at radius 1 is 1.28 bits per heavy atom. The Kier molecular flexibility index (Phi) is 7.21. The number of rotatable bonds is 5. The second kappa shape index (κ2) is 9.71. The minimum atomic E-state index is -1.29. The number of hydrogen-bond acceptors (Lipinski definition) is 4. The molecule has 1 N–H and O–H groups in total. The topological polar surface area (TPSA) is 79.0 Å². The molecule has 2 heterocycles. The Morgan fingerprint density at radius 3 is 2.69 bits per heavy atom. The normalized spacial score (nSPS) is 21.5. The van der Waals surface area contributed by atoms with Crippen LogP contribution in [-0.4, -0.2) is 59.8 Å². The molecule has 1 fully saturated rings. The van der Waals surface area contributed by atoms with Crippen molar-refractivity contribution in [3.63, 3.8) is 0 Å². The van der Waals surface area contributed by atoms with E-state index in [2.05, 4.69) is 5.32 Å². The number of carbonyl (C=O) groups excluding carboxylic acids is 3. The molecule has 7 nitrogen and oxygen atoms in total. The van der Waals surface area contributed by atoms with E-state index in [4.69, 9.17) is 4.74 Å². The fraction of sp³-hybridized carbons (Fsp3) is 0.542. The molecule has 3 atom stereocenters. The van der Waals surface area contributed by atoms with Crippen LogP contribution in [0.15, 0.2) is 36.4 Å². The maximum absolute atomic E-state index is 14.1. The molecule has 2 aliphatic heterocycles. The zero-order valence-electron chi connectivity index (χ0n) is 19.1. The van der Waals surface area contributed by atoms with Gasteiger partial charge in [0.2, 0.25) is 5.91 Å². The SMILES string of the molecule is CC[C@@H](C=CC(=O)N1CCc2ccccc21)NC(=O)[C@@H]1C[C@H](F)CN1C(=O)OC(C)(C)C. The van der Waals surface area contributed by atoms with Gasteiger partial charge in [0.1, 0.15) is 17.8 Å². The van der Waals surface area contributed by atoms with Crippen LogP contribution in [-0.2, 0) is 20.7 Å². The molecule has 1 aromatic carbocycles. The Labute approximate surface area is 188 Å². The van der Waals surface area contributed by atoms with E-state index in [-0.39, 0.29) is 18.9 Å². The van der Waals surface area contributed by atoms with Crippen molar-refractivity contribution >= 4 is 23.6 Å². The lowest BCUT2D eigenvalue weighted by molar-refractivity contribution is -0.126. The highest BCUT2D eigenvalue weighted by atomic mass is 19.1. The number of carbonyl (C=O) groups is 3. The number of amides is 3. The van der Waals surface area contributed by atoms with Gasteiger partial charge in [-0.1, -0.05) is 31.2 Å². The predicted molar refractivity (Wildman–Crippen MR) is 120 cm³/mol. The molecule has 32 heavy (non-hydrogen) atoms. The summed E-state index contributed by atoms with van der Waals surface area (Å²) in [5.74, 6) is -0.603. The van der Waals surface area contributed by atoms with Crippen LogP contribution >= 0.6 is 0 Å². The van der Waals surface area contributed by atoms with Crippen LogP contribution in [0.2, 0.25) is 0 Å². The van der Waals surface area contributed by atoms with E-state index in [1.807, 2.05) is 31.2 Å². The molecule has 0 aromatic heterocycles. The maximum atomic E-state index is 14.1. The minimum absolute atomic E-state index is 0.0747. The minimum Gasteiger partial charge on any atom is -0.444 e. The summed E-state index contributed by atoms with van der Waals surface area (Å²) < 4.78 is 19.4. The number of benzene rings is 1. The highest BCUT2D eigenvalue weighted by molar-refractivity contribution is 6.03. The molecule has 1 saturated heterocycles. The lowest BCUT2D eigenvalue weighted by Crippen LogP contribution is -2.49. The van der Waals surface area contributed by atoms with Crippen molar-refractivity contribution in [3.8, 4) is 0 Å². The number of para-hydroxylation sites is 1. The third kappa shape index (κ3) is 5.66. The smallest absolute Gasteiger partial charge is 0.411 e. The molecule has 3 rings (SSSR count). The number of ether oxygens (including phenoxy) is 1. The summed E-state index contributed by atoms with van der Waals surface area (Å²) in [4.78, 5) is 40.8. The van der Waals surface area contributed by atoms with Crippen LogP contribution in [0.25, 0.3) is 0 Å². The lowest BCUT2D eigenvalue weighted by Gasteiger charge is -2.28. The summed E-state index contributed by atoms with van der Waals surface area (Å²) >= 11 is 0. The van der Waals surface area contributed by atoms with Crippen molar-refractivity contribution in [2.24, 2.45) is 0 Å². The number of hydrogen-bond donors (Lipinski definition) is 1. The first kappa shape index (κ1) is 23.8. The molecule has 8 heteroatoms. The second-order valence-corrected chi connectivity index (χ2v) is 9.23. The number of nitrogens with zero attached hydrogens (tertiary/aromatic N) is 2. The number of likely N-dealkylation sites (tertiary alicyclic amines) is 1. The third-order valence-electron chi connectivity index (χ3n) is 5.57. The quantitative estimate of drug-likeness (QED) is 0.705. The monoisotopic (exact) mass is 445 g/mol. The third-order valence-corrected chi connectivity index (χ3v) is 5.57. The van der Waals surface area contributed by atoms with Gasteiger partial charge in [-0.3, -0.25) is 14.5 Å². The predicted octanol–water partition coefficient (Wildman–Crippen LogP) is 3.37. The molecule has 0 bridgehead atoms. The van der Waals surface area contributed by atoms with E-state index in [9.17, 15) is 18.8 Å². The van der Waals surface area contributed by atoms with Gasteiger partial charge in [0.15, 0.2) is 0 Å². The summed E-state index contributed by atoms with van der Waals surface area (Å²) in [6.45, 7) is 7.48. The molecular formula is C24H32FN3O4. The standard InChI is InChI=1S/C24H32FN3O4/c1-5-18(10-11-21(29)27-13-12-16-8-6-7-9-19(16)27)26-22(30)20-14-17(25)15-28(20)23(31)32-24(2,3)4/h6-11,17-18,20H,5,12-15H2,1-4H3,(H,26,30)/t17-,18-,20-/m0/s1. The van der Waals surface area contributed by atoms with Crippen LogP contribution in [0.4, 0.5) is 14.9 Å². The first-order valence-electron chi connectivity index (χ1n) is 11.1.